The van der Waals surface area contributed by atoms with Gasteiger partial charge in [-0.3, -0.25) is 9.78 Å². The van der Waals surface area contributed by atoms with E-state index in [0.29, 0.717) is 22.9 Å². The SMILES string of the molecule is COc1c(C)cc(Cl)cc1C(=O)NCc1ccncc1. The molecule has 1 heterocycles. The predicted molar refractivity (Wildman–Crippen MR) is 78.1 cm³/mol. The molecule has 0 spiro atoms. The number of benzene rings is 1. The van der Waals surface area contributed by atoms with Crippen molar-refractivity contribution < 1.29 is 9.53 Å². The van der Waals surface area contributed by atoms with Crippen LogP contribution in [0.3, 0.4) is 0 Å². The van der Waals surface area contributed by atoms with Crippen molar-refractivity contribution in [3.63, 3.8) is 0 Å². The Kier molecular flexibility index (Phi) is 4.58. The lowest BCUT2D eigenvalue weighted by Gasteiger charge is -2.12. The van der Waals surface area contributed by atoms with Gasteiger partial charge in [-0.2, -0.15) is 0 Å². The number of methoxy groups -OCH3 is 1. The summed E-state index contributed by atoms with van der Waals surface area (Å²) in [6.07, 6.45) is 3.37. The van der Waals surface area contributed by atoms with Crippen molar-refractivity contribution in [2.75, 3.05) is 7.11 Å². The highest BCUT2D eigenvalue weighted by Gasteiger charge is 2.15. The summed E-state index contributed by atoms with van der Waals surface area (Å²) in [5.74, 6) is 0.325. The fourth-order valence-corrected chi connectivity index (χ4v) is 2.22. The van der Waals surface area contributed by atoms with Crippen LogP contribution < -0.4 is 10.1 Å². The molecule has 0 unspecified atom stereocenters. The summed E-state index contributed by atoms with van der Waals surface area (Å²) in [5, 5.41) is 3.35. The number of rotatable bonds is 4. The van der Waals surface area contributed by atoms with E-state index in [1.807, 2.05) is 19.1 Å². The first-order valence-electron chi connectivity index (χ1n) is 6.13. The fourth-order valence-electron chi connectivity index (χ4n) is 1.95. The van der Waals surface area contributed by atoms with Crippen LogP contribution in [0.15, 0.2) is 36.7 Å². The number of pyridine rings is 1. The van der Waals surface area contributed by atoms with Crippen LogP contribution in [0, 0.1) is 6.92 Å². The molecule has 5 heteroatoms. The number of aromatic nitrogens is 1. The van der Waals surface area contributed by atoms with Crippen LogP contribution in [0.4, 0.5) is 0 Å². The summed E-state index contributed by atoms with van der Waals surface area (Å²) in [7, 11) is 1.54. The zero-order valence-corrected chi connectivity index (χ0v) is 12.1. The number of carbonyl (C=O) groups excluding carboxylic acids is 1. The Morgan fingerprint density at radius 1 is 1.35 bits per heavy atom. The Balaban J connectivity index is 2.17. The van der Waals surface area contributed by atoms with E-state index in [0.717, 1.165) is 11.1 Å². The van der Waals surface area contributed by atoms with Crippen molar-refractivity contribution in [2.24, 2.45) is 0 Å². The molecule has 4 nitrogen and oxygen atoms in total. The summed E-state index contributed by atoms with van der Waals surface area (Å²) in [6.45, 7) is 2.28. The molecular weight excluding hydrogens is 276 g/mol. The number of nitrogens with zero attached hydrogens (tertiary/aromatic N) is 1. The molecule has 0 radical (unpaired) electrons. The summed E-state index contributed by atoms with van der Waals surface area (Å²) in [6, 6.07) is 7.07. The minimum atomic E-state index is -0.218. The van der Waals surface area contributed by atoms with Gasteiger partial charge in [0, 0.05) is 24.0 Å². The lowest BCUT2D eigenvalue weighted by molar-refractivity contribution is 0.0947. The molecule has 1 amide bonds. The van der Waals surface area contributed by atoms with Gasteiger partial charge in [-0.05, 0) is 42.3 Å². The first kappa shape index (κ1) is 14.3. The predicted octanol–water partition coefficient (Wildman–Crippen LogP) is 2.98. The topological polar surface area (TPSA) is 51.2 Å². The number of hydrogen-bond donors (Lipinski definition) is 1. The number of halogens is 1. The average molecular weight is 291 g/mol. The largest absolute Gasteiger partial charge is 0.496 e. The van der Waals surface area contributed by atoms with Crippen LogP contribution >= 0.6 is 11.6 Å². The summed E-state index contributed by atoms with van der Waals surface area (Å²) in [4.78, 5) is 16.2. The molecule has 104 valence electrons. The molecule has 0 saturated heterocycles. The van der Waals surface area contributed by atoms with Crippen molar-refractivity contribution in [3.05, 3.63) is 58.4 Å². The Labute approximate surface area is 122 Å². The fraction of sp³-hybridized carbons (Fsp3) is 0.200. The number of ether oxygens (including phenoxy) is 1. The molecule has 2 aromatic rings. The van der Waals surface area contributed by atoms with Crippen LogP contribution in [-0.2, 0) is 6.54 Å². The molecule has 0 atom stereocenters. The Morgan fingerprint density at radius 2 is 2.05 bits per heavy atom. The van der Waals surface area contributed by atoms with Crippen molar-refractivity contribution in [3.8, 4) is 5.75 Å². The molecule has 0 aliphatic carbocycles. The molecular formula is C15H15ClN2O2. The highest BCUT2D eigenvalue weighted by atomic mass is 35.5. The zero-order valence-electron chi connectivity index (χ0n) is 11.3. The molecule has 1 aromatic carbocycles. The molecule has 1 N–H and O–H groups in total. The maximum absolute atomic E-state index is 12.2. The molecule has 0 saturated carbocycles. The molecule has 0 aliphatic rings. The second-order valence-corrected chi connectivity index (χ2v) is 4.78. The van der Waals surface area contributed by atoms with Crippen LogP contribution in [0.2, 0.25) is 5.02 Å². The number of nitrogens with one attached hydrogen (secondary N) is 1. The second kappa shape index (κ2) is 6.39. The smallest absolute Gasteiger partial charge is 0.255 e. The van der Waals surface area contributed by atoms with Gasteiger partial charge in [0.05, 0.1) is 12.7 Å². The number of carbonyl (C=O) groups is 1. The van der Waals surface area contributed by atoms with Gasteiger partial charge in [-0.1, -0.05) is 11.6 Å². The van der Waals surface area contributed by atoms with Crippen LogP contribution in [0.5, 0.6) is 5.75 Å². The zero-order chi connectivity index (χ0) is 14.5. The van der Waals surface area contributed by atoms with Gasteiger partial charge in [0.1, 0.15) is 5.75 Å². The van der Waals surface area contributed by atoms with E-state index in [2.05, 4.69) is 10.3 Å². The second-order valence-electron chi connectivity index (χ2n) is 4.34. The van der Waals surface area contributed by atoms with Crippen molar-refractivity contribution >= 4 is 17.5 Å². The number of hydrogen-bond acceptors (Lipinski definition) is 3. The molecule has 20 heavy (non-hydrogen) atoms. The summed E-state index contributed by atoms with van der Waals surface area (Å²) < 4.78 is 5.27. The lowest BCUT2D eigenvalue weighted by Crippen LogP contribution is -2.23. The van der Waals surface area contributed by atoms with Crippen LogP contribution in [-0.4, -0.2) is 18.0 Å². The van der Waals surface area contributed by atoms with E-state index in [1.54, 1.807) is 24.5 Å². The van der Waals surface area contributed by atoms with Gasteiger partial charge in [0.25, 0.3) is 5.91 Å². The minimum absolute atomic E-state index is 0.218. The lowest BCUT2D eigenvalue weighted by atomic mass is 10.1. The minimum Gasteiger partial charge on any atom is -0.496 e. The van der Waals surface area contributed by atoms with Crippen molar-refractivity contribution in [2.45, 2.75) is 13.5 Å². The van der Waals surface area contributed by atoms with Crippen molar-refractivity contribution in [1.82, 2.24) is 10.3 Å². The quantitative estimate of drug-likeness (QED) is 0.942. The highest BCUT2D eigenvalue weighted by molar-refractivity contribution is 6.31. The number of aryl methyl sites for hydroxylation is 1. The standard InChI is InChI=1S/C15H15ClN2O2/c1-10-7-12(16)8-13(14(10)20-2)15(19)18-9-11-3-5-17-6-4-11/h3-8H,9H2,1-2H3,(H,18,19). The van der Waals surface area contributed by atoms with E-state index in [9.17, 15) is 4.79 Å². The first-order chi connectivity index (χ1) is 9.61. The van der Waals surface area contributed by atoms with Gasteiger partial charge in [0.2, 0.25) is 0 Å². The molecule has 2 rings (SSSR count). The molecule has 0 fully saturated rings. The Morgan fingerprint density at radius 3 is 2.70 bits per heavy atom. The van der Waals surface area contributed by atoms with Gasteiger partial charge in [-0.15, -0.1) is 0 Å². The number of amides is 1. The maximum atomic E-state index is 12.2. The first-order valence-corrected chi connectivity index (χ1v) is 6.51. The van der Waals surface area contributed by atoms with Gasteiger partial charge in [-0.25, -0.2) is 0 Å². The van der Waals surface area contributed by atoms with Gasteiger partial charge < -0.3 is 10.1 Å². The maximum Gasteiger partial charge on any atom is 0.255 e. The Hall–Kier alpha value is -2.07. The van der Waals surface area contributed by atoms with Gasteiger partial charge in [0.15, 0.2) is 0 Å². The molecule has 0 aliphatic heterocycles. The third-order valence-corrected chi connectivity index (χ3v) is 3.11. The van der Waals surface area contributed by atoms with E-state index < -0.39 is 0 Å². The van der Waals surface area contributed by atoms with E-state index in [4.69, 9.17) is 16.3 Å². The highest BCUT2D eigenvalue weighted by Crippen LogP contribution is 2.27. The van der Waals surface area contributed by atoms with Gasteiger partial charge >= 0.3 is 0 Å². The Bertz CT molecular complexity index is 615. The monoisotopic (exact) mass is 290 g/mol. The van der Waals surface area contributed by atoms with Crippen molar-refractivity contribution in [1.29, 1.82) is 0 Å². The van der Waals surface area contributed by atoms with E-state index in [1.165, 1.54) is 7.11 Å². The third-order valence-electron chi connectivity index (χ3n) is 2.89. The van der Waals surface area contributed by atoms with Crippen LogP contribution in [0.1, 0.15) is 21.5 Å². The average Bonchev–Trinajstić information content (AvgIpc) is 2.45. The molecule has 1 aromatic heterocycles. The molecule has 0 bridgehead atoms. The summed E-state index contributed by atoms with van der Waals surface area (Å²) >= 11 is 6.00. The van der Waals surface area contributed by atoms with Crippen LogP contribution in [0.25, 0.3) is 0 Å². The third kappa shape index (κ3) is 3.27. The summed E-state index contributed by atoms with van der Waals surface area (Å²) in [5.41, 5.74) is 2.24. The van der Waals surface area contributed by atoms with E-state index in [-0.39, 0.29) is 5.91 Å². The van der Waals surface area contributed by atoms with E-state index >= 15 is 0 Å². The normalized spacial score (nSPS) is 10.2.